The van der Waals surface area contributed by atoms with Gasteiger partial charge in [0, 0.05) is 36.3 Å². The molecule has 0 saturated carbocycles. The molecule has 1 amide bonds. The van der Waals surface area contributed by atoms with E-state index >= 15 is 0 Å². The largest absolute Gasteiger partial charge is 0.339 e. The molecule has 1 N–H and O–H groups in total. The molecule has 1 aromatic carbocycles. The summed E-state index contributed by atoms with van der Waals surface area (Å²) in [6.45, 7) is 3.25. The molecule has 3 rings (SSSR count). The highest BCUT2D eigenvalue weighted by Crippen LogP contribution is 2.17. The number of carbonyl (C=O) groups is 1. The predicted octanol–water partition coefficient (Wildman–Crippen LogP) is 2.37. The quantitative estimate of drug-likeness (QED) is 0.891. The Bertz CT molecular complexity index is 666. The summed E-state index contributed by atoms with van der Waals surface area (Å²) in [5.74, 6) is 0.558. The minimum Gasteiger partial charge on any atom is -0.339 e. The first-order valence-corrected chi connectivity index (χ1v) is 8.25. The third-order valence-corrected chi connectivity index (χ3v) is 4.32. The molecule has 0 unspecified atom stereocenters. The molecule has 0 spiro atoms. The Morgan fingerprint density at radius 1 is 1.04 bits per heavy atom. The molecule has 6 nitrogen and oxygen atoms in total. The van der Waals surface area contributed by atoms with Crippen LogP contribution in [0.5, 0.6) is 0 Å². The molecular formula is C16H18BrN5O. The zero-order valence-electron chi connectivity index (χ0n) is 12.9. The Morgan fingerprint density at radius 3 is 2.35 bits per heavy atom. The zero-order chi connectivity index (χ0) is 16.2. The van der Waals surface area contributed by atoms with Gasteiger partial charge in [-0.25, -0.2) is 0 Å². The Hall–Kier alpha value is -1.99. The summed E-state index contributed by atoms with van der Waals surface area (Å²) in [5.41, 5.74) is 1.30. The van der Waals surface area contributed by atoms with Crippen molar-refractivity contribution in [1.29, 1.82) is 0 Å². The van der Waals surface area contributed by atoms with E-state index in [0.717, 1.165) is 36.3 Å². The lowest BCUT2D eigenvalue weighted by atomic mass is 10.2. The van der Waals surface area contributed by atoms with Gasteiger partial charge in [0.15, 0.2) is 11.5 Å². The number of anilines is 2. The number of carbonyl (C=O) groups excluding carboxylic acids is 1. The van der Waals surface area contributed by atoms with Gasteiger partial charge < -0.3 is 15.1 Å². The van der Waals surface area contributed by atoms with Crippen molar-refractivity contribution in [1.82, 2.24) is 20.0 Å². The molecule has 120 valence electrons. The third-order valence-electron chi connectivity index (χ3n) is 3.79. The van der Waals surface area contributed by atoms with Crippen LogP contribution in [0.2, 0.25) is 0 Å². The van der Waals surface area contributed by atoms with Crippen LogP contribution in [0.15, 0.2) is 40.9 Å². The van der Waals surface area contributed by atoms with E-state index in [1.165, 1.54) is 0 Å². The smallest absolute Gasteiger partial charge is 0.274 e. The molecule has 0 atom stereocenters. The van der Waals surface area contributed by atoms with Crippen LogP contribution in [-0.4, -0.2) is 59.1 Å². The van der Waals surface area contributed by atoms with Crippen LogP contribution in [0.1, 0.15) is 10.5 Å². The zero-order valence-corrected chi connectivity index (χ0v) is 14.5. The van der Waals surface area contributed by atoms with Gasteiger partial charge in [0.1, 0.15) is 0 Å². The maximum absolute atomic E-state index is 12.4. The molecule has 23 heavy (non-hydrogen) atoms. The van der Waals surface area contributed by atoms with E-state index in [2.05, 4.69) is 43.4 Å². The van der Waals surface area contributed by atoms with Gasteiger partial charge in [0.05, 0.1) is 0 Å². The number of rotatable bonds is 3. The number of piperazine rings is 1. The van der Waals surface area contributed by atoms with Gasteiger partial charge in [0.2, 0.25) is 0 Å². The highest BCUT2D eigenvalue weighted by molar-refractivity contribution is 9.10. The van der Waals surface area contributed by atoms with Crippen molar-refractivity contribution in [3.8, 4) is 0 Å². The molecule has 1 aromatic heterocycles. The van der Waals surface area contributed by atoms with Gasteiger partial charge >= 0.3 is 0 Å². The van der Waals surface area contributed by atoms with Gasteiger partial charge in [0.25, 0.3) is 5.91 Å². The molecule has 1 aliphatic rings. The number of nitrogens with one attached hydrogen (secondary N) is 1. The fourth-order valence-corrected chi connectivity index (χ4v) is 2.63. The first-order chi connectivity index (χ1) is 11.1. The van der Waals surface area contributed by atoms with E-state index in [9.17, 15) is 4.79 Å². The van der Waals surface area contributed by atoms with Crippen LogP contribution in [0.25, 0.3) is 0 Å². The molecule has 0 aliphatic carbocycles. The molecule has 0 radical (unpaired) electrons. The van der Waals surface area contributed by atoms with Gasteiger partial charge in [-0.2, -0.15) is 0 Å². The third kappa shape index (κ3) is 4.05. The van der Waals surface area contributed by atoms with Crippen molar-refractivity contribution >= 4 is 33.3 Å². The summed E-state index contributed by atoms with van der Waals surface area (Å²) in [7, 11) is 2.06. The number of aromatic nitrogens is 2. The summed E-state index contributed by atoms with van der Waals surface area (Å²) in [4.78, 5) is 16.4. The van der Waals surface area contributed by atoms with Crippen molar-refractivity contribution in [2.24, 2.45) is 0 Å². The Kier molecular flexibility index (Phi) is 4.88. The average Bonchev–Trinajstić information content (AvgIpc) is 2.58. The first-order valence-electron chi connectivity index (χ1n) is 7.46. The lowest BCUT2D eigenvalue weighted by molar-refractivity contribution is 0.0657. The Labute approximate surface area is 143 Å². The lowest BCUT2D eigenvalue weighted by Gasteiger charge is -2.32. The van der Waals surface area contributed by atoms with E-state index in [1.54, 1.807) is 12.1 Å². The first kappa shape index (κ1) is 15.9. The van der Waals surface area contributed by atoms with E-state index in [0.29, 0.717) is 11.5 Å². The van der Waals surface area contributed by atoms with E-state index in [4.69, 9.17) is 0 Å². The van der Waals surface area contributed by atoms with E-state index < -0.39 is 0 Å². The molecule has 2 heterocycles. The Balaban J connectivity index is 1.64. The molecule has 1 aliphatic heterocycles. The molecular weight excluding hydrogens is 358 g/mol. The number of benzene rings is 1. The average molecular weight is 376 g/mol. The summed E-state index contributed by atoms with van der Waals surface area (Å²) < 4.78 is 1.02. The fraction of sp³-hybridized carbons (Fsp3) is 0.312. The SMILES string of the molecule is CN1CCN(C(=O)c2ccc(Nc3ccc(Br)cc3)nn2)CC1. The molecule has 1 fully saturated rings. The van der Waals surface area contributed by atoms with E-state index in [-0.39, 0.29) is 5.91 Å². The standard InChI is InChI=1S/C16H18BrN5O/c1-21-8-10-22(11-9-21)16(23)14-6-7-15(20-19-14)18-13-4-2-12(17)3-5-13/h2-7H,8-11H2,1H3,(H,18,20). The summed E-state index contributed by atoms with van der Waals surface area (Å²) in [5, 5.41) is 11.3. The lowest BCUT2D eigenvalue weighted by Crippen LogP contribution is -2.47. The highest BCUT2D eigenvalue weighted by Gasteiger charge is 2.21. The number of amides is 1. The van der Waals surface area contributed by atoms with Crippen LogP contribution >= 0.6 is 15.9 Å². The molecule has 2 aromatic rings. The van der Waals surface area contributed by atoms with Crippen LogP contribution in [0.3, 0.4) is 0 Å². The van der Waals surface area contributed by atoms with Crippen molar-refractivity contribution in [3.63, 3.8) is 0 Å². The van der Waals surface area contributed by atoms with Gasteiger partial charge in [-0.05, 0) is 43.4 Å². The van der Waals surface area contributed by atoms with Crippen LogP contribution in [-0.2, 0) is 0 Å². The van der Waals surface area contributed by atoms with Crippen molar-refractivity contribution in [2.45, 2.75) is 0 Å². The summed E-state index contributed by atoms with van der Waals surface area (Å²) >= 11 is 3.40. The van der Waals surface area contributed by atoms with Gasteiger partial charge in [-0.15, -0.1) is 10.2 Å². The summed E-state index contributed by atoms with van der Waals surface area (Å²) in [6, 6.07) is 11.3. The van der Waals surface area contributed by atoms with Gasteiger partial charge in [-0.3, -0.25) is 4.79 Å². The van der Waals surface area contributed by atoms with Crippen molar-refractivity contribution in [2.75, 3.05) is 38.5 Å². The monoisotopic (exact) mass is 375 g/mol. The second kappa shape index (κ2) is 7.06. The van der Waals surface area contributed by atoms with Crippen molar-refractivity contribution in [3.05, 3.63) is 46.6 Å². The molecule has 0 bridgehead atoms. The number of likely N-dealkylation sites (N-methyl/N-ethyl adjacent to an activating group) is 1. The van der Waals surface area contributed by atoms with Crippen LogP contribution in [0.4, 0.5) is 11.5 Å². The fourth-order valence-electron chi connectivity index (χ4n) is 2.37. The second-order valence-electron chi connectivity index (χ2n) is 5.53. The Morgan fingerprint density at radius 2 is 1.74 bits per heavy atom. The highest BCUT2D eigenvalue weighted by atomic mass is 79.9. The second-order valence-corrected chi connectivity index (χ2v) is 6.45. The number of hydrogen-bond donors (Lipinski definition) is 1. The predicted molar refractivity (Wildman–Crippen MR) is 92.9 cm³/mol. The van der Waals surface area contributed by atoms with Crippen LogP contribution in [0, 0.1) is 0 Å². The van der Waals surface area contributed by atoms with Gasteiger partial charge in [-0.1, -0.05) is 15.9 Å². The molecule has 7 heteroatoms. The number of halogens is 1. The number of nitrogens with zero attached hydrogens (tertiary/aromatic N) is 4. The minimum atomic E-state index is -0.0548. The van der Waals surface area contributed by atoms with E-state index in [1.807, 2.05) is 29.2 Å². The van der Waals surface area contributed by atoms with Crippen molar-refractivity contribution < 1.29 is 4.79 Å². The maximum atomic E-state index is 12.4. The molecule has 1 saturated heterocycles. The minimum absolute atomic E-state index is 0.0548. The maximum Gasteiger partial charge on any atom is 0.274 e. The normalized spacial score (nSPS) is 15.5. The summed E-state index contributed by atoms with van der Waals surface area (Å²) in [6.07, 6.45) is 0. The topological polar surface area (TPSA) is 61.4 Å². The number of hydrogen-bond acceptors (Lipinski definition) is 5. The van der Waals surface area contributed by atoms with Crippen LogP contribution < -0.4 is 5.32 Å².